The predicted octanol–water partition coefficient (Wildman–Crippen LogP) is 1.28. The quantitative estimate of drug-likeness (QED) is 0.432. The van der Waals surface area contributed by atoms with E-state index in [1.165, 1.54) is 31.5 Å². The van der Waals surface area contributed by atoms with Gasteiger partial charge in [-0.25, -0.2) is 8.42 Å². The van der Waals surface area contributed by atoms with Crippen molar-refractivity contribution in [3.8, 4) is 5.75 Å². The third-order valence-electron chi connectivity index (χ3n) is 4.22. The number of sulfonamides is 1. The molecule has 0 atom stereocenters. The molecular weight excluding hydrogens is 424 g/mol. The number of hydrogen-bond donors (Lipinski definition) is 4. The second kappa shape index (κ2) is 8.88. The van der Waals surface area contributed by atoms with E-state index in [1.807, 2.05) is 0 Å². The summed E-state index contributed by atoms with van der Waals surface area (Å²) in [4.78, 5) is 39.9. The highest BCUT2D eigenvalue weighted by Gasteiger charge is 2.15. The van der Waals surface area contributed by atoms with E-state index in [0.29, 0.717) is 10.9 Å². The van der Waals surface area contributed by atoms with Gasteiger partial charge in [-0.15, -0.1) is 0 Å². The molecule has 0 aliphatic heterocycles. The Bertz CT molecular complexity index is 1320. The highest BCUT2D eigenvalue weighted by molar-refractivity contribution is 7.92. The van der Waals surface area contributed by atoms with E-state index in [4.69, 9.17) is 4.74 Å². The number of aromatic amines is 1. The number of nitrogens with one attached hydrogen (secondary N) is 4. The number of fused-ring (bicyclic) bond motifs is 1. The van der Waals surface area contributed by atoms with Crippen molar-refractivity contribution in [2.24, 2.45) is 0 Å². The largest absolute Gasteiger partial charge is 0.495 e. The molecule has 3 aromatic rings. The SMILES string of the molecule is COc1ccc(NC(=O)CNC(=O)c2c[nH]c3ccccc3c2=O)cc1NS(C)(=O)=O. The standard InChI is InChI=1S/C20H20N4O6S/c1-30-17-8-7-12(9-16(17)24-31(2,28)29)23-18(25)11-22-20(27)14-10-21-15-6-4-3-5-13(15)19(14)26/h3-10,24H,11H2,1-2H3,(H,21,26)(H,22,27)(H,23,25). The number of para-hydroxylation sites is 1. The van der Waals surface area contributed by atoms with E-state index in [2.05, 4.69) is 20.3 Å². The average Bonchev–Trinajstić information content (AvgIpc) is 2.71. The van der Waals surface area contributed by atoms with E-state index in [0.717, 1.165) is 6.26 Å². The topological polar surface area (TPSA) is 146 Å². The normalized spacial score (nSPS) is 11.0. The molecule has 2 amide bonds. The molecule has 1 heterocycles. The van der Waals surface area contributed by atoms with Crippen LogP contribution in [0.15, 0.2) is 53.5 Å². The fourth-order valence-electron chi connectivity index (χ4n) is 2.86. The van der Waals surface area contributed by atoms with Crippen LogP contribution >= 0.6 is 0 Å². The molecule has 0 fully saturated rings. The fourth-order valence-corrected chi connectivity index (χ4v) is 3.42. The molecular formula is C20H20N4O6S. The summed E-state index contributed by atoms with van der Waals surface area (Å²) in [7, 11) is -2.18. The van der Waals surface area contributed by atoms with Crippen molar-refractivity contribution in [2.75, 3.05) is 29.9 Å². The lowest BCUT2D eigenvalue weighted by Gasteiger charge is -2.12. The number of ether oxygens (including phenoxy) is 1. The van der Waals surface area contributed by atoms with Crippen molar-refractivity contribution in [3.63, 3.8) is 0 Å². The van der Waals surface area contributed by atoms with E-state index < -0.39 is 33.8 Å². The summed E-state index contributed by atoms with van der Waals surface area (Å²) in [6.45, 7) is -0.397. The van der Waals surface area contributed by atoms with E-state index in [9.17, 15) is 22.8 Å². The van der Waals surface area contributed by atoms with Crippen LogP contribution in [0.25, 0.3) is 10.9 Å². The van der Waals surface area contributed by atoms with Crippen LogP contribution in [-0.4, -0.2) is 45.1 Å². The van der Waals surface area contributed by atoms with Gasteiger partial charge in [-0.1, -0.05) is 12.1 Å². The molecule has 0 aliphatic rings. The molecule has 4 N–H and O–H groups in total. The highest BCUT2D eigenvalue weighted by atomic mass is 32.2. The number of carbonyl (C=O) groups excluding carboxylic acids is 2. The second-order valence-electron chi connectivity index (χ2n) is 6.60. The number of rotatable bonds is 7. The van der Waals surface area contributed by atoms with E-state index in [1.54, 1.807) is 24.3 Å². The van der Waals surface area contributed by atoms with Crippen LogP contribution in [0, 0.1) is 0 Å². The Morgan fingerprint density at radius 2 is 1.87 bits per heavy atom. The van der Waals surface area contributed by atoms with Gasteiger partial charge in [0, 0.05) is 22.8 Å². The average molecular weight is 444 g/mol. The zero-order valence-electron chi connectivity index (χ0n) is 16.7. The number of hydrogen-bond acceptors (Lipinski definition) is 6. The van der Waals surface area contributed by atoms with Crippen LogP contribution in [0.2, 0.25) is 0 Å². The lowest BCUT2D eigenvalue weighted by molar-refractivity contribution is -0.115. The number of anilines is 2. The van der Waals surface area contributed by atoms with Gasteiger partial charge in [0.15, 0.2) is 0 Å². The highest BCUT2D eigenvalue weighted by Crippen LogP contribution is 2.28. The van der Waals surface area contributed by atoms with Gasteiger partial charge in [-0.05, 0) is 30.3 Å². The molecule has 0 bridgehead atoms. The third-order valence-corrected chi connectivity index (χ3v) is 4.81. The monoisotopic (exact) mass is 444 g/mol. The Morgan fingerprint density at radius 3 is 2.58 bits per heavy atom. The molecule has 0 saturated carbocycles. The van der Waals surface area contributed by atoms with Crippen molar-refractivity contribution in [1.82, 2.24) is 10.3 Å². The first-order valence-electron chi connectivity index (χ1n) is 9.02. The summed E-state index contributed by atoms with van der Waals surface area (Å²) in [5, 5.41) is 5.30. The van der Waals surface area contributed by atoms with Crippen LogP contribution in [0.4, 0.5) is 11.4 Å². The second-order valence-corrected chi connectivity index (χ2v) is 8.35. The molecule has 0 radical (unpaired) electrons. The molecule has 11 heteroatoms. The lowest BCUT2D eigenvalue weighted by Crippen LogP contribution is -2.35. The minimum absolute atomic E-state index is 0.115. The minimum Gasteiger partial charge on any atom is -0.495 e. The van der Waals surface area contributed by atoms with Crippen molar-refractivity contribution >= 4 is 44.1 Å². The van der Waals surface area contributed by atoms with Gasteiger partial charge < -0.3 is 20.4 Å². The Morgan fingerprint density at radius 1 is 1.13 bits per heavy atom. The summed E-state index contributed by atoms with van der Waals surface area (Å²) < 4.78 is 30.4. The number of amides is 2. The van der Waals surface area contributed by atoms with Gasteiger partial charge in [-0.2, -0.15) is 0 Å². The smallest absolute Gasteiger partial charge is 0.257 e. The first-order chi connectivity index (χ1) is 14.7. The Balaban J connectivity index is 1.68. The van der Waals surface area contributed by atoms with Crippen LogP contribution in [0.1, 0.15) is 10.4 Å². The summed E-state index contributed by atoms with van der Waals surface area (Å²) in [5.41, 5.74) is 0.471. The number of H-pyrrole nitrogens is 1. The van der Waals surface area contributed by atoms with Crippen molar-refractivity contribution < 1.29 is 22.7 Å². The van der Waals surface area contributed by atoms with Crippen LogP contribution in [-0.2, 0) is 14.8 Å². The molecule has 0 saturated heterocycles. The van der Waals surface area contributed by atoms with Crippen molar-refractivity contribution in [1.29, 1.82) is 0 Å². The molecule has 0 unspecified atom stereocenters. The predicted molar refractivity (Wildman–Crippen MR) is 117 cm³/mol. The number of methoxy groups -OCH3 is 1. The Kier molecular flexibility index (Phi) is 6.25. The van der Waals surface area contributed by atoms with Crippen LogP contribution in [0.5, 0.6) is 5.75 Å². The van der Waals surface area contributed by atoms with Gasteiger partial charge in [-0.3, -0.25) is 19.1 Å². The van der Waals surface area contributed by atoms with E-state index in [-0.39, 0.29) is 22.7 Å². The Labute approximate surface area is 177 Å². The zero-order valence-corrected chi connectivity index (χ0v) is 17.5. The third kappa shape index (κ3) is 5.39. The summed E-state index contributed by atoms with van der Waals surface area (Å²) in [5.74, 6) is -0.996. The maximum atomic E-state index is 12.5. The summed E-state index contributed by atoms with van der Waals surface area (Å²) >= 11 is 0. The van der Waals surface area contributed by atoms with E-state index >= 15 is 0 Å². The molecule has 10 nitrogen and oxygen atoms in total. The van der Waals surface area contributed by atoms with Crippen molar-refractivity contribution in [3.05, 3.63) is 64.4 Å². The maximum Gasteiger partial charge on any atom is 0.257 e. The fraction of sp³-hybridized carbons (Fsp3) is 0.150. The first kappa shape index (κ1) is 21.8. The molecule has 3 rings (SSSR count). The van der Waals surface area contributed by atoms with Gasteiger partial charge in [0.2, 0.25) is 21.4 Å². The van der Waals surface area contributed by atoms with Gasteiger partial charge in [0.05, 0.1) is 25.6 Å². The van der Waals surface area contributed by atoms with Crippen molar-refractivity contribution in [2.45, 2.75) is 0 Å². The number of carbonyl (C=O) groups is 2. The summed E-state index contributed by atoms with van der Waals surface area (Å²) in [6.07, 6.45) is 2.28. The molecule has 0 aliphatic carbocycles. The molecule has 31 heavy (non-hydrogen) atoms. The number of benzene rings is 2. The lowest BCUT2D eigenvalue weighted by atomic mass is 10.1. The van der Waals surface area contributed by atoms with Crippen LogP contribution < -0.4 is 25.5 Å². The number of aromatic nitrogens is 1. The molecule has 0 spiro atoms. The number of pyridine rings is 1. The molecule has 1 aromatic heterocycles. The minimum atomic E-state index is -3.56. The zero-order chi connectivity index (χ0) is 22.6. The van der Waals surface area contributed by atoms with Gasteiger partial charge in [0.1, 0.15) is 11.3 Å². The maximum absolute atomic E-state index is 12.5. The Hall–Kier alpha value is -3.86. The van der Waals surface area contributed by atoms with Gasteiger partial charge in [0.25, 0.3) is 5.91 Å². The summed E-state index contributed by atoms with van der Waals surface area (Å²) in [6, 6.07) is 11.1. The van der Waals surface area contributed by atoms with Gasteiger partial charge >= 0.3 is 0 Å². The molecule has 2 aromatic carbocycles. The van der Waals surface area contributed by atoms with Crippen LogP contribution in [0.3, 0.4) is 0 Å². The molecule has 162 valence electrons. The first-order valence-corrected chi connectivity index (χ1v) is 10.9.